The highest BCUT2D eigenvalue weighted by Gasteiger charge is 2.04. The molecule has 2 heterocycles. The van der Waals surface area contributed by atoms with Crippen LogP contribution in [0.5, 0.6) is 11.6 Å². The number of benzene rings is 1. The van der Waals surface area contributed by atoms with E-state index < -0.39 is 0 Å². The number of para-hydroxylation sites is 1. The second-order valence-electron chi connectivity index (χ2n) is 5.63. The Labute approximate surface area is 151 Å². The fourth-order valence-electron chi connectivity index (χ4n) is 2.39. The molecule has 3 rings (SSSR count). The summed E-state index contributed by atoms with van der Waals surface area (Å²) >= 11 is 1.73. The summed E-state index contributed by atoms with van der Waals surface area (Å²) in [7, 11) is 0. The highest BCUT2D eigenvalue weighted by Crippen LogP contribution is 2.19. The second kappa shape index (κ2) is 8.99. The molecule has 0 radical (unpaired) electrons. The van der Waals surface area contributed by atoms with Crippen LogP contribution in [0.4, 0.5) is 0 Å². The lowest BCUT2D eigenvalue weighted by Crippen LogP contribution is -2.22. The van der Waals surface area contributed by atoms with Crippen LogP contribution in [0.25, 0.3) is 0 Å². The molecule has 0 aliphatic rings. The third kappa shape index (κ3) is 5.72. The van der Waals surface area contributed by atoms with E-state index in [1.807, 2.05) is 48.5 Å². The third-order valence-corrected chi connectivity index (χ3v) is 4.60. The molecule has 1 N–H and O–H groups in total. The van der Waals surface area contributed by atoms with Crippen molar-refractivity contribution in [2.45, 2.75) is 25.8 Å². The topological polar surface area (TPSA) is 51.2 Å². The molecule has 0 aliphatic heterocycles. The molecule has 0 unspecified atom stereocenters. The fraction of sp³-hybridized carbons (Fsp3) is 0.200. The standard InChI is InChI=1S/C20H20N2O2S/c23-19(10-4-8-18-9-5-13-25-18)22-15-16-11-12-21-20(14-16)24-17-6-2-1-3-7-17/h1-3,5-7,9,11-14H,4,8,10,15H2,(H,22,23). The van der Waals surface area contributed by atoms with E-state index in [9.17, 15) is 4.79 Å². The van der Waals surface area contributed by atoms with E-state index in [0.29, 0.717) is 18.8 Å². The van der Waals surface area contributed by atoms with Gasteiger partial charge < -0.3 is 10.1 Å². The lowest BCUT2D eigenvalue weighted by atomic mass is 10.2. The minimum Gasteiger partial charge on any atom is -0.439 e. The Hall–Kier alpha value is -2.66. The predicted octanol–water partition coefficient (Wildman–Crippen LogP) is 4.57. The van der Waals surface area contributed by atoms with Crippen LogP contribution in [0.1, 0.15) is 23.3 Å². The number of nitrogens with one attached hydrogen (secondary N) is 1. The zero-order valence-electron chi connectivity index (χ0n) is 13.9. The Bertz CT molecular complexity index is 788. The minimum absolute atomic E-state index is 0.0684. The zero-order chi connectivity index (χ0) is 17.3. The molecular weight excluding hydrogens is 332 g/mol. The van der Waals surface area contributed by atoms with Crippen molar-refractivity contribution in [3.63, 3.8) is 0 Å². The molecule has 0 bridgehead atoms. The number of amides is 1. The number of nitrogens with zero attached hydrogens (tertiary/aromatic N) is 1. The monoisotopic (exact) mass is 352 g/mol. The van der Waals surface area contributed by atoms with Crippen LogP contribution in [0, 0.1) is 0 Å². The van der Waals surface area contributed by atoms with Crippen LogP contribution in [0.15, 0.2) is 66.2 Å². The van der Waals surface area contributed by atoms with Crippen molar-refractivity contribution in [3.8, 4) is 11.6 Å². The van der Waals surface area contributed by atoms with Gasteiger partial charge in [-0.2, -0.15) is 0 Å². The molecule has 3 aromatic rings. The molecule has 1 amide bonds. The van der Waals surface area contributed by atoms with Gasteiger partial charge in [-0.3, -0.25) is 4.79 Å². The van der Waals surface area contributed by atoms with Gasteiger partial charge in [0.25, 0.3) is 0 Å². The maximum Gasteiger partial charge on any atom is 0.220 e. The molecule has 0 atom stereocenters. The Kier molecular flexibility index (Phi) is 6.17. The van der Waals surface area contributed by atoms with Gasteiger partial charge in [0.2, 0.25) is 11.8 Å². The van der Waals surface area contributed by atoms with Gasteiger partial charge >= 0.3 is 0 Å². The average molecular weight is 352 g/mol. The van der Waals surface area contributed by atoms with Crippen molar-refractivity contribution in [2.75, 3.05) is 0 Å². The molecule has 2 aromatic heterocycles. The highest BCUT2D eigenvalue weighted by molar-refractivity contribution is 7.09. The maximum absolute atomic E-state index is 12.0. The van der Waals surface area contributed by atoms with E-state index >= 15 is 0 Å². The van der Waals surface area contributed by atoms with Gasteiger partial charge in [0, 0.05) is 30.1 Å². The summed E-state index contributed by atoms with van der Waals surface area (Å²) in [5.74, 6) is 1.33. The molecular formula is C20H20N2O2S. The van der Waals surface area contributed by atoms with Crippen molar-refractivity contribution in [3.05, 3.63) is 76.6 Å². The Morgan fingerprint density at radius 3 is 2.80 bits per heavy atom. The minimum atomic E-state index is 0.0684. The number of ether oxygens (including phenoxy) is 1. The van der Waals surface area contributed by atoms with E-state index in [1.54, 1.807) is 17.5 Å². The molecule has 1 aromatic carbocycles. The first-order valence-electron chi connectivity index (χ1n) is 8.26. The molecule has 0 spiro atoms. The van der Waals surface area contributed by atoms with Crippen molar-refractivity contribution < 1.29 is 9.53 Å². The molecule has 25 heavy (non-hydrogen) atoms. The van der Waals surface area contributed by atoms with Crippen molar-refractivity contribution in [1.82, 2.24) is 10.3 Å². The lowest BCUT2D eigenvalue weighted by Gasteiger charge is -2.08. The van der Waals surface area contributed by atoms with E-state index in [1.165, 1.54) is 4.88 Å². The number of pyridine rings is 1. The number of hydrogen-bond acceptors (Lipinski definition) is 4. The first kappa shape index (κ1) is 17.2. The molecule has 0 saturated heterocycles. The van der Waals surface area contributed by atoms with Gasteiger partial charge in [0.05, 0.1) is 0 Å². The van der Waals surface area contributed by atoms with Crippen LogP contribution in [-0.2, 0) is 17.8 Å². The Morgan fingerprint density at radius 2 is 2.00 bits per heavy atom. The van der Waals surface area contributed by atoms with Crippen molar-refractivity contribution >= 4 is 17.2 Å². The molecule has 0 saturated carbocycles. The summed E-state index contributed by atoms with van der Waals surface area (Å²) in [5.41, 5.74) is 0.965. The van der Waals surface area contributed by atoms with E-state index in [0.717, 1.165) is 24.2 Å². The van der Waals surface area contributed by atoms with Gasteiger partial charge in [-0.05, 0) is 48.1 Å². The summed E-state index contributed by atoms with van der Waals surface area (Å²) in [6, 6.07) is 17.4. The first-order chi connectivity index (χ1) is 12.3. The van der Waals surface area contributed by atoms with Gasteiger partial charge in [0.1, 0.15) is 5.75 Å². The SMILES string of the molecule is O=C(CCCc1cccs1)NCc1ccnc(Oc2ccccc2)c1. The predicted molar refractivity (Wildman–Crippen MR) is 99.9 cm³/mol. The molecule has 128 valence electrons. The fourth-order valence-corrected chi connectivity index (χ4v) is 3.14. The summed E-state index contributed by atoms with van der Waals surface area (Å²) in [4.78, 5) is 17.5. The smallest absolute Gasteiger partial charge is 0.220 e. The third-order valence-electron chi connectivity index (χ3n) is 3.66. The molecule has 0 fully saturated rings. The number of rotatable bonds is 8. The number of carbonyl (C=O) groups is 1. The van der Waals surface area contributed by atoms with E-state index in [-0.39, 0.29) is 5.91 Å². The average Bonchev–Trinajstić information content (AvgIpc) is 3.15. The largest absolute Gasteiger partial charge is 0.439 e. The summed E-state index contributed by atoms with van der Waals surface area (Å²) in [5, 5.41) is 5.01. The van der Waals surface area contributed by atoms with E-state index in [4.69, 9.17) is 4.74 Å². The Morgan fingerprint density at radius 1 is 1.12 bits per heavy atom. The summed E-state index contributed by atoms with van der Waals surface area (Å²) in [6.07, 6.45) is 4.05. The Balaban J connectivity index is 1.44. The highest BCUT2D eigenvalue weighted by atomic mass is 32.1. The zero-order valence-corrected chi connectivity index (χ0v) is 14.7. The maximum atomic E-state index is 12.0. The first-order valence-corrected chi connectivity index (χ1v) is 9.14. The van der Waals surface area contributed by atoms with Gasteiger partial charge in [-0.1, -0.05) is 24.3 Å². The van der Waals surface area contributed by atoms with Gasteiger partial charge in [-0.25, -0.2) is 4.98 Å². The van der Waals surface area contributed by atoms with Crippen LogP contribution < -0.4 is 10.1 Å². The van der Waals surface area contributed by atoms with E-state index in [2.05, 4.69) is 21.7 Å². The quantitative estimate of drug-likeness (QED) is 0.646. The van der Waals surface area contributed by atoms with Crippen LogP contribution in [-0.4, -0.2) is 10.9 Å². The summed E-state index contributed by atoms with van der Waals surface area (Å²) < 4.78 is 5.71. The van der Waals surface area contributed by atoms with Gasteiger partial charge in [0.15, 0.2) is 0 Å². The second-order valence-corrected chi connectivity index (χ2v) is 6.66. The van der Waals surface area contributed by atoms with Crippen molar-refractivity contribution in [2.24, 2.45) is 0 Å². The lowest BCUT2D eigenvalue weighted by molar-refractivity contribution is -0.121. The molecule has 4 nitrogen and oxygen atoms in total. The number of thiophene rings is 1. The van der Waals surface area contributed by atoms with Crippen LogP contribution in [0.2, 0.25) is 0 Å². The summed E-state index contributed by atoms with van der Waals surface area (Å²) in [6.45, 7) is 0.478. The molecule has 0 aliphatic carbocycles. The van der Waals surface area contributed by atoms with Crippen molar-refractivity contribution in [1.29, 1.82) is 0 Å². The number of aromatic nitrogens is 1. The van der Waals surface area contributed by atoms with Crippen LogP contribution >= 0.6 is 11.3 Å². The van der Waals surface area contributed by atoms with Gasteiger partial charge in [-0.15, -0.1) is 11.3 Å². The number of carbonyl (C=O) groups excluding carboxylic acids is 1. The molecule has 5 heteroatoms. The number of aryl methyl sites for hydroxylation is 1. The van der Waals surface area contributed by atoms with Crippen LogP contribution in [0.3, 0.4) is 0 Å². The number of hydrogen-bond donors (Lipinski definition) is 1. The normalized spacial score (nSPS) is 10.4.